The fourth-order valence-electron chi connectivity index (χ4n) is 7.09. The van der Waals surface area contributed by atoms with Crippen LogP contribution in [0.4, 0.5) is 11.5 Å². The second kappa shape index (κ2) is 9.82. The Balaban J connectivity index is 1.06. The van der Waals surface area contributed by atoms with Crippen LogP contribution in [0, 0.1) is 12.3 Å². The first-order valence-corrected chi connectivity index (χ1v) is 14.6. The lowest BCUT2D eigenvalue weighted by Crippen LogP contribution is -2.34. The lowest BCUT2D eigenvalue weighted by molar-refractivity contribution is 0.0695. The van der Waals surface area contributed by atoms with E-state index >= 15 is 0 Å². The Kier molecular flexibility index (Phi) is 6.18. The number of amides is 1. The fraction of sp³-hybridized carbons (Fsp3) is 0.406. The van der Waals surface area contributed by atoms with Crippen molar-refractivity contribution in [2.75, 3.05) is 49.1 Å². The van der Waals surface area contributed by atoms with Crippen LogP contribution in [-0.4, -0.2) is 80.7 Å². The number of hydrogen-bond donors (Lipinski definition) is 1. The third-order valence-electron chi connectivity index (χ3n) is 9.58. The van der Waals surface area contributed by atoms with E-state index in [4.69, 9.17) is 0 Å². The predicted molar refractivity (Wildman–Crippen MR) is 159 cm³/mol. The minimum atomic E-state index is -0.960. The maximum Gasteiger partial charge on any atom is 0.335 e. The van der Waals surface area contributed by atoms with Gasteiger partial charge in [0.2, 0.25) is 5.82 Å². The van der Waals surface area contributed by atoms with E-state index in [0.29, 0.717) is 24.6 Å². The van der Waals surface area contributed by atoms with Crippen molar-refractivity contribution in [1.82, 2.24) is 24.5 Å². The maximum absolute atomic E-state index is 13.6. The van der Waals surface area contributed by atoms with Gasteiger partial charge in [-0.3, -0.25) is 4.79 Å². The summed E-state index contributed by atoms with van der Waals surface area (Å²) in [5, 5.41) is 14.0. The molecule has 6 heterocycles. The molecule has 0 aliphatic carbocycles. The lowest BCUT2D eigenvalue weighted by Gasteiger charge is -2.26. The molecular weight excluding hydrogens is 530 g/mol. The summed E-state index contributed by atoms with van der Waals surface area (Å²) in [5.41, 5.74) is 4.43. The van der Waals surface area contributed by atoms with Crippen molar-refractivity contribution in [1.29, 1.82) is 0 Å². The van der Waals surface area contributed by atoms with E-state index in [-0.39, 0.29) is 28.1 Å². The van der Waals surface area contributed by atoms with Gasteiger partial charge >= 0.3 is 5.97 Å². The number of nitrogens with zero attached hydrogens (tertiary/aromatic N) is 7. The molecule has 0 radical (unpaired) electrons. The molecule has 3 saturated heterocycles. The monoisotopic (exact) mass is 565 g/mol. The van der Waals surface area contributed by atoms with Crippen molar-refractivity contribution < 1.29 is 14.7 Å². The van der Waals surface area contributed by atoms with Gasteiger partial charge in [-0.25, -0.2) is 19.3 Å². The van der Waals surface area contributed by atoms with E-state index in [9.17, 15) is 14.7 Å². The summed E-state index contributed by atoms with van der Waals surface area (Å²) in [6.07, 6.45) is 6.43. The minimum Gasteiger partial charge on any atom is -0.478 e. The number of carbonyl (C=O) groups is 2. The standard InChI is InChI=1S/C32H35N7O3/c1-22-16-25(36-13-9-31(2,19-36)24-6-4-3-5-7-24)18-39-28(22)34-27(35-39)29(40)38-15-11-32(21-38)10-14-37(20-32)26-17-23(30(41)42)8-12-33-26/h3-8,12,16-18H,9-11,13-15,19-21H2,1-2H3,(H,41,42)/t31-,32+/m0/s1. The largest absolute Gasteiger partial charge is 0.478 e. The highest BCUT2D eigenvalue weighted by molar-refractivity contribution is 5.91. The molecule has 0 saturated carbocycles. The third-order valence-corrected chi connectivity index (χ3v) is 9.58. The van der Waals surface area contributed by atoms with Gasteiger partial charge in [0, 0.05) is 56.3 Å². The Labute approximate surface area is 244 Å². The van der Waals surface area contributed by atoms with Gasteiger partial charge in [-0.05, 0) is 55.5 Å². The first kappa shape index (κ1) is 26.4. The molecule has 3 aliphatic rings. The first-order chi connectivity index (χ1) is 20.2. The number of carbonyl (C=O) groups excluding carboxylic acids is 1. The van der Waals surface area contributed by atoms with E-state index in [1.807, 2.05) is 18.0 Å². The van der Waals surface area contributed by atoms with Crippen LogP contribution in [0.2, 0.25) is 0 Å². The maximum atomic E-state index is 13.6. The average Bonchev–Trinajstić information content (AvgIpc) is 3.80. The van der Waals surface area contributed by atoms with Gasteiger partial charge in [-0.1, -0.05) is 37.3 Å². The highest BCUT2D eigenvalue weighted by Gasteiger charge is 2.46. The molecule has 10 heteroatoms. The number of benzene rings is 1. The van der Waals surface area contributed by atoms with Crippen LogP contribution in [0.25, 0.3) is 5.65 Å². The summed E-state index contributed by atoms with van der Waals surface area (Å²) in [7, 11) is 0. The Bertz CT molecular complexity index is 1690. The molecule has 0 bridgehead atoms. The fourth-order valence-corrected chi connectivity index (χ4v) is 7.09. The van der Waals surface area contributed by atoms with Gasteiger partial charge in [0.25, 0.3) is 5.91 Å². The number of carboxylic acid groups (broad SMARTS) is 1. The van der Waals surface area contributed by atoms with Gasteiger partial charge in [0.05, 0.1) is 17.4 Å². The van der Waals surface area contributed by atoms with Crippen molar-refractivity contribution >= 4 is 29.0 Å². The zero-order valence-corrected chi connectivity index (χ0v) is 24.0. The summed E-state index contributed by atoms with van der Waals surface area (Å²) in [4.78, 5) is 40.5. The van der Waals surface area contributed by atoms with Gasteiger partial charge in [-0.2, -0.15) is 0 Å². The predicted octanol–water partition coefficient (Wildman–Crippen LogP) is 4.04. The molecule has 10 nitrogen and oxygen atoms in total. The average molecular weight is 566 g/mol. The van der Waals surface area contributed by atoms with Crippen LogP contribution in [-0.2, 0) is 5.41 Å². The van der Waals surface area contributed by atoms with Crippen LogP contribution in [0.15, 0.2) is 60.9 Å². The molecule has 3 fully saturated rings. The van der Waals surface area contributed by atoms with Crippen LogP contribution in [0.3, 0.4) is 0 Å². The molecule has 216 valence electrons. The quantitative estimate of drug-likeness (QED) is 0.387. The second-order valence-corrected chi connectivity index (χ2v) is 12.5. The summed E-state index contributed by atoms with van der Waals surface area (Å²) in [5.74, 6) is -0.196. The molecule has 1 amide bonds. The number of carboxylic acids is 1. The highest BCUT2D eigenvalue weighted by Crippen LogP contribution is 2.41. The number of likely N-dealkylation sites (tertiary alicyclic amines) is 1. The van der Waals surface area contributed by atoms with Gasteiger partial charge in [-0.15, -0.1) is 5.10 Å². The molecule has 42 heavy (non-hydrogen) atoms. The molecule has 1 aromatic carbocycles. The Hall–Kier alpha value is -4.47. The Morgan fingerprint density at radius 2 is 1.71 bits per heavy atom. The normalized spacial score (nSPS) is 23.9. The van der Waals surface area contributed by atoms with E-state index in [2.05, 4.69) is 68.2 Å². The molecule has 2 atom stereocenters. The smallest absolute Gasteiger partial charge is 0.335 e. The summed E-state index contributed by atoms with van der Waals surface area (Å²) < 4.78 is 1.76. The van der Waals surface area contributed by atoms with Crippen LogP contribution in [0.5, 0.6) is 0 Å². The SMILES string of the molecule is Cc1cc(N2CC[C@](C)(c3ccccc3)C2)cn2nc(C(=O)N3CC[C@@]4(CCN(c5cc(C(=O)O)ccn5)C4)C3)nc12. The number of aryl methyl sites for hydroxylation is 1. The number of hydrogen-bond acceptors (Lipinski definition) is 7. The van der Waals surface area contributed by atoms with Crippen molar-refractivity contribution in [2.45, 2.75) is 38.5 Å². The molecule has 7 rings (SSSR count). The van der Waals surface area contributed by atoms with Crippen LogP contribution in [0.1, 0.15) is 58.3 Å². The van der Waals surface area contributed by atoms with Gasteiger partial charge in [0.15, 0.2) is 5.65 Å². The van der Waals surface area contributed by atoms with E-state index in [1.165, 1.54) is 11.6 Å². The molecule has 3 aliphatic heterocycles. The molecule has 0 unspecified atom stereocenters. The molecule has 1 N–H and O–H groups in total. The van der Waals surface area contributed by atoms with Crippen molar-refractivity contribution in [3.63, 3.8) is 0 Å². The number of anilines is 2. The van der Waals surface area contributed by atoms with Gasteiger partial charge in [0.1, 0.15) is 5.82 Å². The summed E-state index contributed by atoms with van der Waals surface area (Å²) >= 11 is 0. The number of aromatic nitrogens is 4. The topological polar surface area (TPSA) is 107 Å². The Morgan fingerprint density at radius 3 is 2.52 bits per heavy atom. The number of pyridine rings is 2. The summed E-state index contributed by atoms with van der Waals surface area (Å²) in [6.45, 7) is 9.05. The van der Waals surface area contributed by atoms with Gasteiger partial charge < -0.3 is 19.8 Å². The molecule has 1 spiro atoms. The van der Waals surface area contributed by atoms with Crippen LogP contribution >= 0.6 is 0 Å². The number of rotatable bonds is 5. The number of aromatic carboxylic acids is 1. The summed E-state index contributed by atoms with van der Waals surface area (Å²) in [6, 6.07) is 16.0. The Morgan fingerprint density at radius 1 is 0.929 bits per heavy atom. The minimum absolute atomic E-state index is 0.0417. The third kappa shape index (κ3) is 4.55. The zero-order valence-electron chi connectivity index (χ0n) is 24.0. The number of fused-ring (bicyclic) bond motifs is 1. The van der Waals surface area contributed by atoms with Crippen molar-refractivity contribution in [2.24, 2.45) is 5.41 Å². The molecule has 3 aromatic heterocycles. The van der Waals surface area contributed by atoms with Crippen LogP contribution < -0.4 is 9.80 Å². The molecular formula is C32H35N7O3. The molecule has 4 aromatic rings. The van der Waals surface area contributed by atoms with E-state index in [1.54, 1.807) is 16.8 Å². The second-order valence-electron chi connectivity index (χ2n) is 12.5. The van der Waals surface area contributed by atoms with Crippen molar-refractivity contribution in [3.8, 4) is 0 Å². The highest BCUT2D eigenvalue weighted by atomic mass is 16.4. The van der Waals surface area contributed by atoms with E-state index < -0.39 is 5.97 Å². The van der Waals surface area contributed by atoms with E-state index in [0.717, 1.165) is 56.7 Å². The zero-order chi connectivity index (χ0) is 29.1. The first-order valence-electron chi connectivity index (χ1n) is 14.6. The van der Waals surface area contributed by atoms with Crippen molar-refractivity contribution in [3.05, 3.63) is 83.4 Å². The lowest BCUT2D eigenvalue weighted by atomic mass is 9.82.